The second kappa shape index (κ2) is 5.87. The quantitative estimate of drug-likeness (QED) is 0.784. The molecule has 17 heavy (non-hydrogen) atoms. The Labute approximate surface area is 115 Å². The van der Waals surface area contributed by atoms with E-state index in [1.807, 2.05) is 0 Å². The fourth-order valence-electron chi connectivity index (χ4n) is 1.00. The normalized spacial score (nSPS) is 13.6. The topological polar surface area (TPSA) is 46.5 Å². The first-order chi connectivity index (χ1) is 7.84. The molecule has 1 atom stereocenters. The van der Waals surface area contributed by atoms with Gasteiger partial charge in [-0.25, -0.2) is 4.21 Å². The van der Waals surface area contributed by atoms with Crippen LogP contribution in [0.4, 0.5) is 0 Å². The number of amides is 1. The van der Waals surface area contributed by atoms with Crippen LogP contribution < -0.4 is 0 Å². The molecule has 1 rings (SSSR count). The van der Waals surface area contributed by atoms with Crippen molar-refractivity contribution >= 4 is 50.4 Å². The number of halogens is 3. The third kappa shape index (κ3) is 4.00. The first kappa shape index (κ1) is 14.5. The molecule has 1 amide bonds. The van der Waals surface area contributed by atoms with Crippen molar-refractivity contribution in [3.63, 3.8) is 0 Å². The fourth-order valence-corrected chi connectivity index (χ4v) is 2.43. The molecule has 1 aromatic carbocycles. The summed E-state index contributed by atoms with van der Waals surface area (Å²) in [4.78, 5) is 11.9. The minimum atomic E-state index is -2.85. The second-order valence-corrected chi connectivity index (χ2v) is 6.67. The summed E-state index contributed by atoms with van der Waals surface area (Å²) in [5.41, 5.74) is 0. The highest BCUT2D eigenvalue weighted by atomic mass is 35.5. The first-order valence-corrected chi connectivity index (χ1v) is 7.42. The van der Waals surface area contributed by atoms with E-state index in [1.165, 1.54) is 6.26 Å². The summed E-state index contributed by atoms with van der Waals surface area (Å²) in [6.45, 7) is 0. The monoisotopic (exact) mass is 311 g/mol. The van der Waals surface area contributed by atoms with Crippen LogP contribution in [-0.2, 0) is 14.5 Å². The number of benzene rings is 1. The molecule has 0 saturated carbocycles. The SMILES string of the molecule is CS(=O)(=NC(=O)C(Cl)=C(Cl)Cl)c1ccccc1. The Morgan fingerprint density at radius 3 is 2.18 bits per heavy atom. The van der Waals surface area contributed by atoms with Crippen molar-refractivity contribution in [2.45, 2.75) is 4.90 Å². The third-order valence-corrected chi connectivity index (χ3v) is 4.37. The first-order valence-electron chi connectivity index (χ1n) is 4.37. The van der Waals surface area contributed by atoms with Crippen molar-refractivity contribution in [2.75, 3.05) is 6.26 Å². The van der Waals surface area contributed by atoms with Gasteiger partial charge in [0.25, 0.3) is 5.91 Å². The van der Waals surface area contributed by atoms with Gasteiger partial charge in [0.05, 0.1) is 9.73 Å². The number of rotatable bonds is 2. The molecule has 1 aromatic rings. The summed E-state index contributed by atoms with van der Waals surface area (Å²) in [6.07, 6.45) is 1.34. The van der Waals surface area contributed by atoms with Crippen LogP contribution in [0.25, 0.3) is 0 Å². The Kier molecular flexibility index (Phi) is 5.01. The lowest BCUT2D eigenvalue weighted by Crippen LogP contribution is -2.03. The molecule has 1 unspecified atom stereocenters. The fraction of sp³-hybridized carbons (Fsp3) is 0.100. The van der Waals surface area contributed by atoms with Gasteiger partial charge in [0.2, 0.25) is 0 Å². The van der Waals surface area contributed by atoms with E-state index in [9.17, 15) is 9.00 Å². The van der Waals surface area contributed by atoms with Gasteiger partial charge in [-0.3, -0.25) is 4.79 Å². The molecule has 0 heterocycles. The predicted octanol–water partition coefficient (Wildman–Crippen LogP) is 3.56. The smallest absolute Gasteiger partial charge is 0.265 e. The molecule has 92 valence electrons. The molecule has 0 aliphatic carbocycles. The van der Waals surface area contributed by atoms with E-state index in [1.54, 1.807) is 30.3 Å². The van der Waals surface area contributed by atoms with Gasteiger partial charge >= 0.3 is 0 Å². The van der Waals surface area contributed by atoms with Crippen molar-refractivity contribution in [1.82, 2.24) is 0 Å². The molecule has 0 spiro atoms. The molecule has 0 aromatic heterocycles. The van der Waals surface area contributed by atoms with E-state index < -0.39 is 25.2 Å². The number of nitrogens with zero attached hydrogens (tertiary/aromatic N) is 1. The second-order valence-electron chi connectivity index (χ2n) is 3.09. The van der Waals surface area contributed by atoms with Crippen molar-refractivity contribution in [2.24, 2.45) is 4.36 Å². The molecule has 0 radical (unpaired) electrons. The molecule has 0 N–H and O–H groups in total. The molecule has 0 saturated heterocycles. The summed E-state index contributed by atoms with van der Waals surface area (Å²) in [6, 6.07) is 8.39. The van der Waals surface area contributed by atoms with Gasteiger partial charge in [0.15, 0.2) is 0 Å². The molecule has 0 aliphatic rings. The molecule has 7 heteroatoms. The Hall–Kier alpha value is -0.550. The summed E-state index contributed by atoms with van der Waals surface area (Å²) in [5, 5.41) is -0.446. The van der Waals surface area contributed by atoms with E-state index in [-0.39, 0.29) is 0 Å². The number of hydrogen-bond acceptors (Lipinski definition) is 2. The van der Waals surface area contributed by atoms with Crippen molar-refractivity contribution in [3.8, 4) is 0 Å². The van der Waals surface area contributed by atoms with Crippen LogP contribution >= 0.6 is 34.8 Å². The van der Waals surface area contributed by atoms with Gasteiger partial charge in [0.1, 0.15) is 9.52 Å². The Morgan fingerprint density at radius 1 is 1.18 bits per heavy atom. The maximum Gasteiger partial charge on any atom is 0.299 e. The van der Waals surface area contributed by atoms with E-state index in [2.05, 4.69) is 4.36 Å². The van der Waals surface area contributed by atoms with Crippen LogP contribution in [0, 0.1) is 0 Å². The highest BCUT2D eigenvalue weighted by Gasteiger charge is 2.14. The van der Waals surface area contributed by atoms with Gasteiger partial charge in [-0.05, 0) is 12.1 Å². The zero-order valence-electron chi connectivity index (χ0n) is 8.69. The van der Waals surface area contributed by atoms with E-state index in [0.717, 1.165) is 0 Å². The lowest BCUT2D eigenvalue weighted by atomic mass is 10.4. The average molecular weight is 313 g/mol. The molecule has 0 fully saturated rings. The van der Waals surface area contributed by atoms with E-state index >= 15 is 0 Å². The maximum absolute atomic E-state index is 12.2. The Balaban J connectivity index is 3.21. The van der Waals surface area contributed by atoms with Crippen molar-refractivity contribution in [1.29, 1.82) is 0 Å². The van der Waals surface area contributed by atoms with Gasteiger partial charge < -0.3 is 0 Å². The van der Waals surface area contributed by atoms with Gasteiger partial charge in [-0.2, -0.15) is 4.36 Å². The highest BCUT2D eigenvalue weighted by Crippen LogP contribution is 2.20. The van der Waals surface area contributed by atoms with Crippen LogP contribution in [0.3, 0.4) is 0 Å². The minimum absolute atomic E-state index is 0.399. The lowest BCUT2D eigenvalue weighted by molar-refractivity contribution is -0.113. The zero-order valence-corrected chi connectivity index (χ0v) is 11.8. The molecular formula is C10H8Cl3NO2S. The summed E-state index contributed by atoms with van der Waals surface area (Å²) in [7, 11) is -2.85. The molecular weight excluding hydrogens is 305 g/mol. The minimum Gasteiger partial charge on any atom is -0.265 e. The van der Waals surface area contributed by atoms with Crippen molar-refractivity contribution < 1.29 is 9.00 Å². The van der Waals surface area contributed by atoms with Crippen LogP contribution in [-0.4, -0.2) is 16.4 Å². The van der Waals surface area contributed by atoms with Crippen LogP contribution in [0.5, 0.6) is 0 Å². The zero-order chi connectivity index (χ0) is 13.1. The maximum atomic E-state index is 12.2. The van der Waals surface area contributed by atoms with E-state index in [0.29, 0.717) is 4.90 Å². The van der Waals surface area contributed by atoms with Gasteiger partial charge in [-0.1, -0.05) is 53.0 Å². The van der Waals surface area contributed by atoms with Crippen molar-refractivity contribution in [3.05, 3.63) is 39.9 Å². The standard InChI is InChI=1S/C10H8Cl3NO2S/c1-17(16,7-5-3-2-4-6-7)14-10(15)8(11)9(12)13/h2-6H,1H3. The number of carbonyl (C=O) groups excluding carboxylic acids is 1. The molecule has 0 aliphatic heterocycles. The number of carbonyl (C=O) groups is 1. The summed E-state index contributed by atoms with van der Waals surface area (Å²) in [5.74, 6) is -0.900. The predicted molar refractivity (Wildman–Crippen MR) is 70.8 cm³/mol. The highest BCUT2D eigenvalue weighted by molar-refractivity contribution is 7.93. The molecule has 0 bridgehead atoms. The van der Waals surface area contributed by atoms with Crippen LogP contribution in [0.15, 0.2) is 49.1 Å². The largest absolute Gasteiger partial charge is 0.299 e. The van der Waals surface area contributed by atoms with Crippen LogP contribution in [0.1, 0.15) is 0 Å². The Bertz CT molecular complexity index is 570. The van der Waals surface area contributed by atoms with Crippen LogP contribution in [0.2, 0.25) is 0 Å². The van der Waals surface area contributed by atoms with Gasteiger partial charge in [0, 0.05) is 11.2 Å². The average Bonchev–Trinajstić information content (AvgIpc) is 2.28. The third-order valence-electron chi connectivity index (χ3n) is 1.79. The molecule has 3 nitrogen and oxygen atoms in total. The Morgan fingerprint density at radius 2 is 1.71 bits per heavy atom. The lowest BCUT2D eigenvalue weighted by Gasteiger charge is -2.02. The van der Waals surface area contributed by atoms with E-state index in [4.69, 9.17) is 34.8 Å². The summed E-state index contributed by atoms with van der Waals surface area (Å²) >= 11 is 16.2. The van der Waals surface area contributed by atoms with Gasteiger partial charge in [-0.15, -0.1) is 0 Å². The summed E-state index contributed by atoms with van der Waals surface area (Å²) < 4.78 is 15.3. The number of hydrogen-bond donors (Lipinski definition) is 0.